The lowest BCUT2D eigenvalue weighted by atomic mass is 10.1. The quantitative estimate of drug-likeness (QED) is 0.257. The second-order valence-corrected chi connectivity index (χ2v) is 1.92. The summed E-state index contributed by atoms with van der Waals surface area (Å²) in [6, 6.07) is 0. The van der Waals surface area contributed by atoms with Crippen LogP contribution in [-0.2, 0) is 4.79 Å². The highest BCUT2D eigenvalue weighted by Crippen LogP contribution is 2.03. The Morgan fingerprint density at radius 1 is 1.80 bits per heavy atom. The number of allylic oxidation sites excluding steroid dienone is 1. The summed E-state index contributed by atoms with van der Waals surface area (Å²) in [6.07, 6.45) is 5.89. The molecule has 0 unspecified atom stereocenters. The number of amides is 1. The van der Waals surface area contributed by atoms with Gasteiger partial charge in [-0.15, -0.1) is 0 Å². The van der Waals surface area contributed by atoms with Crippen LogP contribution in [0, 0.1) is 0 Å². The normalized spacial score (nSPS) is 15.5. The van der Waals surface area contributed by atoms with E-state index in [1.165, 1.54) is 0 Å². The fraction of sp³-hybridized carbons (Fsp3) is 0.167. The van der Waals surface area contributed by atoms with Crippen LogP contribution in [0.3, 0.4) is 0 Å². The van der Waals surface area contributed by atoms with Crippen LogP contribution in [0.5, 0.6) is 0 Å². The average Bonchev–Trinajstić information content (AvgIpc) is 2.05. The number of hydrazine groups is 1. The maximum absolute atomic E-state index is 10.8. The zero-order valence-electron chi connectivity index (χ0n) is 5.42. The first-order valence-electron chi connectivity index (χ1n) is 2.95. The lowest BCUT2D eigenvalue weighted by Gasteiger charge is -2.06. The van der Waals surface area contributed by atoms with Crippen molar-refractivity contribution in [2.24, 2.45) is 5.84 Å². The van der Waals surface area contributed by atoms with Crippen molar-refractivity contribution in [3.05, 3.63) is 24.0 Å². The topological polar surface area (TPSA) is 67.1 Å². The molecule has 4 N–H and O–H groups in total. The van der Waals surface area contributed by atoms with Crippen LogP contribution >= 0.6 is 0 Å². The van der Waals surface area contributed by atoms with Crippen LogP contribution in [0.4, 0.5) is 0 Å². The maximum atomic E-state index is 10.8. The molecule has 0 atom stereocenters. The highest BCUT2D eigenvalue weighted by atomic mass is 16.2. The van der Waals surface area contributed by atoms with Gasteiger partial charge in [-0.2, -0.15) is 0 Å². The van der Waals surface area contributed by atoms with E-state index in [0.29, 0.717) is 12.0 Å². The zero-order chi connectivity index (χ0) is 7.40. The summed E-state index contributed by atoms with van der Waals surface area (Å²) < 4.78 is 0. The van der Waals surface area contributed by atoms with E-state index in [2.05, 4.69) is 10.7 Å². The first-order chi connectivity index (χ1) is 4.84. The summed E-state index contributed by atoms with van der Waals surface area (Å²) in [6.45, 7) is 0. The summed E-state index contributed by atoms with van der Waals surface area (Å²) in [5, 5.41) is 2.79. The van der Waals surface area contributed by atoms with Gasteiger partial charge in [0, 0.05) is 11.8 Å². The Labute approximate surface area is 58.8 Å². The van der Waals surface area contributed by atoms with Gasteiger partial charge >= 0.3 is 0 Å². The van der Waals surface area contributed by atoms with Gasteiger partial charge in [0.05, 0.1) is 0 Å². The zero-order valence-corrected chi connectivity index (χ0v) is 5.42. The molecule has 0 bridgehead atoms. The molecule has 0 aromatic rings. The monoisotopic (exact) mass is 139 g/mol. The fourth-order valence-corrected chi connectivity index (χ4v) is 0.713. The minimum atomic E-state index is -0.239. The van der Waals surface area contributed by atoms with Crippen molar-refractivity contribution >= 4 is 5.91 Å². The number of carbonyl (C=O) groups is 1. The minimum Gasteiger partial charge on any atom is -0.367 e. The summed E-state index contributed by atoms with van der Waals surface area (Å²) >= 11 is 0. The van der Waals surface area contributed by atoms with Crippen LogP contribution in [0.25, 0.3) is 0 Å². The number of rotatable bonds is 1. The molecule has 1 aliphatic rings. The molecule has 0 fully saturated rings. The van der Waals surface area contributed by atoms with Gasteiger partial charge in [0.25, 0.3) is 5.91 Å². The number of nitrogens with one attached hydrogen (secondary N) is 2. The number of hydrogen-bond acceptors (Lipinski definition) is 3. The third-order valence-electron chi connectivity index (χ3n) is 1.23. The van der Waals surface area contributed by atoms with Gasteiger partial charge < -0.3 is 5.32 Å². The Bertz CT molecular complexity index is 195. The van der Waals surface area contributed by atoms with Gasteiger partial charge in [0.15, 0.2) is 0 Å². The van der Waals surface area contributed by atoms with Crippen LogP contribution in [0.1, 0.15) is 6.42 Å². The van der Waals surface area contributed by atoms with Crippen molar-refractivity contribution in [1.29, 1.82) is 0 Å². The Morgan fingerprint density at radius 3 is 3.10 bits per heavy atom. The first kappa shape index (κ1) is 6.82. The lowest BCUT2D eigenvalue weighted by Crippen LogP contribution is -2.32. The van der Waals surface area contributed by atoms with E-state index in [-0.39, 0.29) is 5.91 Å². The molecule has 10 heavy (non-hydrogen) atoms. The second kappa shape index (κ2) is 3.03. The molecule has 4 heteroatoms. The van der Waals surface area contributed by atoms with E-state index in [9.17, 15) is 4.79 Å². The third kappa shape index (κ3) is 1.35. The number of nitrogens with two attached hydrogens (primary N) is 1. The Hall–Kier alpha value is -1.29. The maximum Gasteiger partial charge on any atom is 0.262 e. The SMILES string of the molecule is NNC(=O)C1=CNC=CC1. The van der Waals surface area contributed by atoms with Crippen LogP contribution in [-0.4, -0.2) is 5.91 Å². The number of carbonyl (C=O) groups excluding carboxylic acids is 1. The van der Waals surface area contributed by atoms with E-state index >= 15 is 0 Å². The molecule has 1 aliphatic heterocycles. The fourth-order valence-electron chi connectivity index (χ4n) is 0.713. The molecule has 4 nitrogen and oxygen atoms in total. The minimum absolute atomic E-state index is 0.239. The lowest BCUT2D eigenvalue weighted by molar-refractivity contribution is -0.117. The van der Waals surface area contributed by atoms with Crippen molar-refractivity contribution < 1.29 is 4.79 Å². The van der Waals surface area contributed by atoms with Gasteiger partial charge in [-0.25, -0.2) is 5.84 Å². The van der Waals surface area contributed by atoms with Crippen molar-refractivity contribution in [3.63, 3.8) is 0 Å². The molecule has 0 aromatic heterocycles. The Balaban J connectivity index is 2.56. The van der Waals surface area contributed by atoms with E-state index < -0.39 is 0 Å². The summed E-state index contributed by atoms with van der Waals surface area (Å²) in [5.74, 6) is 4.67. The van der Waals surface area contributed by atoms with Crippen LogP contribution in [0.15, 0.2) is 24.0 Å². The van der Waals surface area contributed by atoms with Gasteiger partial charge in [0.1, 0.15) is 0 Å². The van der Waals surface area contributed by atoms with Crippen LogP contribution < -0.4 is 16.6 Å². The van der Waals surface area contributed by atoms with E-state index in [1.807, 2.05) is 6.08 Å². The van der Waals surface area contributed by atoms with Gasteiger partial charge in [-0.05, 0) is 12.6 Å². The van der Waals surface area contributed by atoms with Crippen molar-refractivity contribution in [2.75, 3.05) is 0 Å². The van der Waals surface area contributed by atoms with Gasteiger partial charge in [-0.3, -0.25) is 10.2 Å². The van der Waals surface area contributed by atoms with Crippen molar-refractivity contribution in [3.8, 4) is 0 Å². The Morgan fingerprint density at radius 2 is 2.60 bits per heavy atom. The largest absolute Gasteiger partial charge is 0.367 e. The van der Waals surface area contributed by atoms with Crippen molar-refractivity contribution in [2.45, 2.75) is 6.42 Å². The highest BCUT2D eigenvalue weighted by molar-refractivity contribution is 5.93. The molecule has 0 aromatic carbocycles. The van der Waals surface area contributed by atoms with E-state index in [4.69, 9.17) is 5.84 Å². The van der Waals surface area contributed by atoms with Gasteiger partial charge in [0.2, 0.25) is 0 Å². The third-order valence-corrected chi connectivity index (χ3v) is 1.23. The Kier molecular flexibility index (Phi) is 2.07. The smallest absolute Gasteiger partial charge is 0.262 e. The van der Waals surface area contributed by atoms with E-state index in [1.54, 1.807) is 12.4 Å². The van der Waals surface area contributed by atoms with Crippen molar-refractivity contribution in [1.82, 2.24) is 10.7 Å². The molecule has 0 radical (unpaired) electrons. The average molecular weight is 139 g/mol. The molecular formula is C6H9N3O. The molecule has 0 saturated heterocycles. The molecule has 0 spiro atoms. The van der Waals surface area contributed by atoms with Crippen LogP contribution in [0.2, 0.25) is 0 Å². The summed E-state index contributed by atoms with van der Waals surface area (Å²) in [7, 11) is 0. The first-order valence-corrected chi connectivity index (χ1v) is 2.95. The standard InChI is InChI=1S/C6H9N3O/c7-9-6(10)5-2-1-3-8-4-5/h1,3-4,8H,2,7H2,(H,9,10). The molecule has 1 amide bonds. The molecular weight excluding hydrogens is 130 g/mol. The second-order valence-electron chi connectivity index (χ2n) is 1.92. The molecule has 0 aliphatic carbocycles. The molecule has 1 rings (SSSR count). The summed E-state index contributed by atoms with van der Waals surface area (Å²) in [4.78, 5) is 10.8. The molecule has 0 saturated carbocycles. The number of dihydropyridines is 1. The summed E-state index contributed by atoms with van der Waals surface area (Å²) in [5.41, 5.74) is 2.70. The molecule has 1 heterocycles. The van der Waals surface area contributed by atoms with E-state index in [0.717, 1.165) is 0 Å². The number of hydrogen-bond donors (Lipinski definition) is 3. The predicted octanol–water partition coefficient (Wildman–Crippen LogP) is -0.633. The highest BCUT2D eigenvalue weighted by Gasteiger charge is 2.06. The molecule has 54 valence electrons. The van der Waals surface area contributed by atoms with Gasteiger partial charge in [-0.1, -0.05) is 6.08 Å². The predicted molar refractivity (Wildman–Crippen MR) is 37.3 cm³/mol.